The summed E-state index contributed by atoms with van der Waals surface area (Å²) >= 11 is 0. The first-order valence-electron chi connectivity index (χ1n) is 4.53. The van der Waals surface area contributed by atoms with Crippen molar-refractivity contribution in [3.8, 4) is 0 Å². The van der Waals surface area contributed by atoms with Crippen molar-refractivity contribution < 1.29 is 9.84 Å². The Morgan fingerprint density at radius 1 is 1.50 bits per heavy atom. The van der Waals surface area contributed by atoms with Crippen molar-refractivity contribution in [2.24, 2.45) is 0 Å². The number of aliphatic hydroxyl groups is 1. The maximum atomic E-state index is 8.80. The van der Waals surface area contributed by atoms with Crippen LogP contribution in [0.25, 0.3) is 0 Å². The summed E-state index contributed by atoms with van der Waals surface area (Å²) in [5.41, 5.74) is 0.734. The van der Waals surface area contributed by atoms with E-state index in [0.717, 1.165) is 18.7 Å². The van der Waals surface area contributed by atoms with Gasteiger partial charge in [0.2, 0.25) is 5.95 Å². The zero-order valence-corrected chi connectivity index (χ0v) is 8.05. The van der Waals surface area contributed by atoms with E-state index >= 15 is 0 Å². The second kappa shape index (κ2) is 3.89. The Hall–Kier alpha value is -1.20. The van der Waals surface area contributed by atoms with Gasteiger partial charge in [-0.05, 0) is 0 Å². The zero-order valence-electron chi connectivity index (χ0n) is 8.05. The lowest BCUT2D eigenvalue weighted by Gasteiger charge is -2.37. The molecule has 0 bridgehead atoms. The van der Waals surface area contributed by atoms with Crippen molar-refractivity contribution in [3.63, 3.8) is 0 Å². The summed E-state index contributed by atoms with van der Waals surface area (Å²) in [6.45, 7) is 1.67. The van der Waals surface area contributed by atoms with Crippen LogP contribution in [-0.4, -0.2) is 41.4 Å². The fourth-order valence-corrected chi connectivity index (χ4v) is 1.34. The lowest BCUT2D eigenvalue weighted by molar-refractivity contribution is 0.0778. The highest BCUT2D eigenvalue weighted by atomic mass is 16.5. The highest BCUT2D eigenvalue weighted by molar-refractivity contribution is 5.34. The van der Waals surface area contributed by atoms with Crippen molar-refractivity contribution in [3.05, 3.63) is 18.0 Å². The van der Waals surface area contributed by atoms with Crippen LogP contribution < -0.4 is 4.90 Å². The highest BCUT2D eigenvalue weighted by Crippen LogP contribution is 2.17. The Bertz CT molecular complexity index is 295. The summed E-state index contributed by atoms with van der Waals surface area (Å²) in [5.74, 6) is 0.704. The van der Waals surface area contributed by atoms with Crippen LogP contribution >= 0.6 is 0 Å². The number of rotatable bonds is 3. The normalized spacial score (nSPS) is 16.9. The number of aliphatic hydroxyl groups excluding tert-OH is 1. The van der Waals surface area contributed by atoms with E-state index in [9.17, 15) is 0 Å². The van der Waals surface area contributed by atoms with Gasteiger partial charge in [0.1, 0.15) is 0 Å². The third kappa shape index (κ3) is 1.69. The Morgan fingerprint density at radius 2 is 2.14 bits per heavy atom. The van der Waals surface area contributed by atoms with E-state index < -0.39 is 0 Å². The standard InChI is InChI=1S/C9H13N3O2/c1-14-8-4-12(5-8)9-10-2-7(6-13)3-11-9/h2-3,8,13H,4-6H2,1H3. The first kappa shape index (κ1) is 9.36. The Morgan fingerprint density at radius 3 is 2.64 bits per heavy atom. The van der Waals surface area contributed by atoms with Gasteiger partial charge < -0.3 is 14.7 Å². The molecular formula is C9H13N3O2. The molecule has 0 aromatic carbocycles. The maximum absolute atomic E-state index is 8.80. The molecule has 76 valence electrons. The average Bonchev–Trinajstić information content (AvgIpc) is 2.17. The number of ether oxygens (including phenoxy) is 1. The van der Waals surface area contributed by atoms with E-state index in [4.69, 9.17) is 9.84 Å². The second-order valence-electron chi connectivity index (χ2n) is 3.31. The molecule has 1 fully saturated rings. The first-order valence-corrected chi connectivity index (χ1v) is 4.53. The molecule has 0 unspecified atom stereocenters. The number of hydrogen-bond donors (Lipinski definition) is 1. The summed E-state index contributed by atoms with van der Waals surface area (Å²) < 4.78 is 5.15. The molecule has 0 saturated carbocycles. The second-order valence-corrected chi connectivity index (χ2v) is 3.31. The van der Waals surface area contributed by atoms with E-state index in [2.05, 4.69) is 9.97 Å². The molecule has 14 heavy (non-hydrogen) atoms. The van der Waals surface area contributed by atoms with Crippen molar-refractivity contribution in [1.29, 1.82) is 0 Å². The van der Waals surface area contributed by atoms with Gasteiger partial charge in [-0.25, -0.2) is 9.97 Å². The lowest BCUT2D eigenvalue weighted by atomic mass is 10.2. The summed E-state index contributed by atoms with van der Waals surface area (Å²) in [4.78, 5) is 10.3. The van der Waals surface area contributed by atoms with Crippen molar-refractivity contribution in [2.75, 3.05) is 25.1 Å². The summed E-state index contributed by atoms with van der Waals surface area (Å²) in [7, 11) is 1.71. The molecule has 5 heteroatoms. The summed E-state index contributed by atoms with van der Waals surface area (Å²) in [5, 5.41) is 8.80. The van der Waals surface area contributed by atoms with E-state index in [1.165, 1.54) is 0 Å². The summed E-state index contributed by atoms with van der Waals surface area (Å²) in [6.07, 6.45) is 3.58. The predicted molar refractivity (Wildman–Crippen MR) is 51.0 cm³/mol. The molecule has 1 aromatic rings. The molecule has 5 nitrogen and oxygen atoms in total. The third-order valence-corrected chi connectivity index (χ3v) is 2.34. The van der Waals surface area contributed by atoms with Crippen molar-refractivity contribution in [2.45, 2.75) is 12.7 Å². The highest BCUT2D eigenvalue weighted by Gasteiger charge is 2.28. The number of methoxy groups -OCH3 is 1. The molecule has 1 aliphatic rings. The Balaban J connectivity index is 1.98. The SMILES string of the molecule is COC1CN(c2ncc(CO)cn2)C1. The Labute approximate surface area is 82.4 Å². The molecule has 0 aliphatic carbocycles. The van der Waals surface area contributed by atoms with Crippen molar-refractivity contribution in [1.82, 2.24) is 9.97 Å². The zero-order chi connectivity index (χ0) is 9.97. The lowest BCUT2D eigenvalue weighted by Crippen LogP contribution is -2.52. The molecule has 2 rings (SSSR count). The van der Waals surface area contributed by atoms with Gasteiger partial charge in [-0.1, -0.05) is 0 Å². The van der Waals surface area contributed by atoms with Gasteiger partial charge in [0, 0.05) is 38.2 Å². The van der Waals surface area contributed by atoms with Gasteiger partial charge in [0.05, 0.1) is 12.7 Å². The molecule has 1 aliphatic heterocycles. The topological polar surface area (TPSA) is 58.5 Å². The number of anilines is 1. The van der Waals surface area contributed by atoms with Crippen LogP contribution in [0, 0.1) is 0 Å². The summed E-state index contributed by atoms with van der Waals surface area (Å²) in [6, 6.07) is 0. The van der Waals surface area contributed by atoms with Crippen LogP contribution in [0.2, 0.25) is 0 Å². The maximum Gasteiger partial charge on any atom is 0.225 e. The van der Waals surface area contributed by atoms with Gasteiger partial charge in [-0.3, -0.25) is 0 Å². The van der Waals surface area contributed by atoms with Crippen LogP contribution in [-0.2, 0) is 11.3 Å². The first-order chi connectivity index (χ1) is 6.83. The van der Waals surface area contributed by atoms with Crippen LogP contribution in [0.1, 0.15) is 5.56 Å². The minimum atomic E-state index is -0.0129. The van der Waals surface area contributed by atoms with E-state index in [1.54, 1.807) is 19.5 Å². The quantitative estimate of drug-likeness (QED) is 0.724. The molecule has 0 atom stereocenters. The molecule has 0 radical (unpaired) electrons. The van der Waals surface area contributed by atoms with Gasteiger partial charge in [0.15, 0.2) is 0 Å². The fourth-order valence-electron chi connectivity index (χ4n) is 1.34. The van der Waals surface area contributed by atoms with Crippen LogP contribution in [0.3, 0.4) is 0 Å². The number of aromatic nitrogens is 2. The predicted octanol–water partition coefficient (Wildman–Crippen LogP) is -0.196. The molecule has 1 saturated heterocycles. The largest absolute Gasteiger partial charge is 0.392 e. The van der Waals surface area contributed by atoms with Crippen LogP contribution in [0.5, 0.6) is 0 Å². The molecular weight excluding hydrogens is 182 g/mol. The van der Waals surface area contributed by atoms with Crippen LogP contribution in [0.15, 0.2) is 12.4 Å². The van der Waals surface area contributed by atoms with E-state index in [1.807, 2.05) is 4.90 Å². The number of hydrogen-bond acceptors (Lipinski definition) is 5. The van der Waals surface area contributed by atoms with Gasteiger partial charge >= 0.3 is 0 Å². The Kier molecular flexibility index (Phi) is 2.60. The van der Waals surface area contributed by atoms with Gasteiger partial charge in [-0.2, -0.15) is 0 Å². The molecule has 2 heterocycles. The van der Waals surface area contributed by atoms with E-state index in [-0.39, 0.29) is 6.61 Å². The minimum absolute atomic E-state index is 0.0129. The smallest absolute Gasteiger partial charge is 0.225 e. The van der Waals surface area contributed by atoms with Gasteiger partial charge in [-0.15, -0.1) is 0 Å². The third-order valence-electron chi connectivity index (χ3n) is 2.34. The van der Waals surface area contributed by atoms with Crippen molar-refractivity contribution >= 4 is 5.95 Å². The monoisotopic (exact) mass is 195 g/mol. The van der Waals surface area contributed by atoms with E-state index in [0.29, 0.717) is 12.1 Å². The fraction of sp³-hybridized carbons (Fsp3) is 0.556. The van der Waals surface area contributed by atoms with Crippen LogP contribution in [0.4, 0.5) is 5.95 Å². The number of nitrogens with zero attached hydrogens (tertiary/aromatic N) is 3. The van der Waals surface area contributed by atoms with Gasteiger partial charge in [0.25, 0.3) is 0 Å². The molecule has 0 spiro atoms. The minimum Gasteiger partial charge on any atom is -0.392 e. The molecule has 1 aromatic heterocycles. The molecule has 1 N–H and O–H groups in total. The average molecular weight is 195 g/mol. The molecule has 0 amide bonds.